The fraction of sp³-hybridized carbons (Fsp3) is 0.290. The van der Waals surface area contributed by atoms with Crippen molar-refractivity contribution in [3.8, 4) is 22.5 Å². The Balaban J connectivity index is 1.33. The molecule has 0 bridgehead atoms. The summed E-state index contributed by atoms with van der Waals surface area (Å²) < 4.78 is 0. The van der Waals surface area contributed by atoms with Crippen molar-refractivity contribution in [1.82, 2.24) is 25.1 Å². The lowest BCUT2D eigenvalue weighted by Gasteiger charge is -2.34. The van der Waals surface area contributed by atoms with Gasteiger partial charge in [-0.3, -0.25) is 10.1 Å². The Morgan fingerprint density at radius 2 is 1.84 bits per heavy atom. The van der Waals surface area contributed by atoms with E-state index in [4.69, 9.17) is 5.10 Å². The van der Waals surface area contributed by atoms with Crippen LogP contribution in [0.25, 0.3) is 44.3 Å². The summed E-state index contributed by atoms with van der Waals surface area (Å²) in [6, 6.07) is 17.3. The maximum atomic E-state index is 4.72. The zero-order chi connectivity index (χ0) is 26.1. The quantitative estimate of drug-likeness (QED) is 0.220. The zero-order valence-corrected chi connectivity index (χ0v) is 22.2. The van der Waals surface area contributed by atoms with Gasteiger partial charge in [-0.05, 0) is 61.9 Å². The molecule has 38 heavy (non-hydrogen) atoms. The number of hydrogen-bond acceptors (Lipinski definition) is 5. The number of allylic oxidation sites excluding steroid dienone is 1. The highest BCUT2D eigenvalue weighted by Gasteiger charge is 2.19. The summed E-state index contributed by atoms with van der Waals surface area (Å²) in [5.74, 6) is 0. The molecule has 0 aliphatic carbocycles. The second kappa shape index (κ2) is 10.3. The fourth-order valence-electron chi connectivity index (χ4n) is 5.31. The van der Waals surface area contributed by atoms with Crippen LogP contribution in [0.3, 0.4) is 0 Å². The van der Waals surface area contributed by atoms with Crippen molar-refractivity contribution >= 4 is 33.2 Å². The average Bonchev–Trinajstić information content (AvgIpc) is 3.56. The smallest absolute Gasteiger partial charge is 0.116 e. The number of piperazine rings is 1. The van der Waals surface area contributed by atoms with Gasteiger partial charge in [0.25, 0.3) is 0 Å². The third-order valence-electron chi connectivity index (χ3n) is 7.53. The molecule has 3 N–H and O–H groups in total. The summed E-state index contributed by atoms with van der Waals surface area (Å²) in [5.41, 5.74) is 9.52. The summed E-state index contributed by atoms with van der Waals surface area (Å²) in [6.45, 7) is 10.6. The zero-order valence-electron chi connectivity index (χ0n) is 22.2. The van der Waals surface area contributed by atoms with E-state index in [1.165, 1.54) is 11.1 Å². The first kappa shape index (κ1) is 24.2. The minimum atomic E-state index is 0.928. The highest BCUT2D eigenvalue weighted by atomic mass is 15.2. The van der Waals surface area contributed by atoms with Crippen LogP contribution in [0.4, 0.5) is 11.4 Å². The van der Waals surface area contributed by atoms with Crippen LogP contribution in [0.2, 0.25) is 0 Å². The number of pyridine rings is 1. The molecule has 6 rings (SSSR count). The number of unbranched alkanes of at least 4 members (excludes halogenated alkanes) is 1. The normalized spacial score (nSPS) is 14.4. The summed E-state index contributed by atoms with van der Waals surface area (Å²) in [7, 11) is 2.19. The van der Waals surface area contributed by atoms with Crippen molar-refractivity contribution in [2.45, 2.75) is 26.2 Å². The van der Waals surface area contributed by atoms with Gasteiger partial charge in [-0.25, -0.2) is 0 Å². The molecule has 1 aliphatic rings. The molecule has 0 amide bonds. The second-order valence-electron chi connectivity index (χ2n) is 10.3. The lowest BCUT2D eigenvalue weighted by Crippen LogP contribution is -2.44. The van der Waals surface area contributed by atoms with Gasteiger partial charge < -0.3 is 20.1 Å². The molecular formula is C31H35N7. The average molecular weight is 506 g/mol. The molecule has 194 valence electrons. The molecule has 5 aromatic rings. The lowest BCUT2D eigenvalue weighted by atomic mass is 10.0. The number of nitrogens with one attached hydrogen (secondary N) is 3. The number of fused-ring (bicyclic) bond motifs is 2. The first-order valence-corrected chi connectivity index (χ1v) is 13.5. The molecule has 0 atom stereocenters. The van der Waals surface area contributed by atoms with E-state index in [1.807, 2.05) is 12.4 Å². The van der Waals surface area contributed by atoms with Crippen molar-refractivity contribution in [3.63, 3.8) is 0 Å². The van der Waals surface area contributed by atoms with Crippen LogP contribution in [-0.2, 0) is 0 Å². The summed E-state index contributed by atoms with van der Waals surface area (Å²) >= 11 is 0. The molecule has 0 spiro atoms. The monoisotopic (exact) mass is 505 g/mol. The van der Waals surface area contributed by atoms with Crippen LogP contribution in [0, 0.1) is 0 Å². The van der Waals surface area contributed by atoms with Crippen molar-refractivity contribution in [3.05, 3.63) is 73.2 Å². The highest BCUT2D eigenvalue weighted by molar-refractivity contribution is 6.01. The van der Waals surface area contributed by atoms with Crippen LogP contribution in [0.1, 0.15) is 26.2 Å². The summed E-state index contributed by atoms with van der Waals surface area (Å²) in [5, 5.41) is 13.7. The summed E-state index contributed by atoms with van der Waals surface area (Å²) in [4.78, 5) is 13.0. The molecule has 1 saturated heterocycles. The van der Waals surface area contributed by atoms with Gasteiger partial charge in [-0.2, -0.15) is 5.10 Å². The molecule has 7 nitrogen and oxygen atoms in total. The number of likely N-dealkylation sites (N-methyl/N-ethyl adjacent to an activating group) is 1. The molecule has 0 saturated carbocycles. The Hall–Kier alpha value is -4.10. The van der Waals surface area contributed by atoms with Crippen LogP contribution in [0.5, 0.6) is 0 Å². The number of hydrogen-bond donors (Lipinski definition) is 3. The van der Waals surface area contributed by atoms with E-state index in [-0.39, 0.29) is 0 Å². The number of nitrogens with zero attached hydrogens (tertiary/aromatic N) is 4. The van der Waals surface area contributed by atoms with E-state index < -0.39 is 0 Å². The molecule has 0 radical (unpaired) electrons. The maximum absolute atomic E-state index is 4.72. The van der Waals surface area contributed by atoms with Crippen molar-refractivity contribution in [2.75, 3.05) is 43.4 Å². The molecule has 3 aromatic heterocycles. The van der Waals surface area contributed by atoms with Gasteiger partial charge >= 0.3 is 0 Å². The van der Waals surface area contributed by atoms with Gasteiger partial charge in [0, 0.05) is 65.6 Å². The van der Waals surface area contributed by atoms with Gasteiger partial charge in [0.05, 0.1) is 23.1 Å². The van der Waals surface area contributed by atoms with E-state index >= 15 is 0 Å². The number of rotatable bonds is 8. The fourth-order valence-corrected chi connectivity index (χ4v) is 5.31. The molecule has 1 fully saturated rings. The minimum Gasteiger partial charge on any atom is -0.368 e. The molecule has 7 heteroatoms. The number of benzene rings is 2. The third kappa shape index (κ3) is 4.77. The van der Waals surface area contributed by atoms with E-state index in [9.17, 15) is 0 Å². The molecule has 4 heterocycles. The lowest BCUT2D eigenvalue weighted by molar-refractivity contribution is 0.313. The Kier molecular flexibility index (Phi) is 6.60. The topological polar surface area (TPSA) is 75.9 Å². The Bertz CT molecular complexity index is 1590. The molecule has 2 aromatic carbocycles. The second-order valence-corrected chi connectivity index (χ2v) is 10.3. The maximum Gasteiger partial charge on any atom is 0.116 e. The highest BCUT2D eigenvalue weighted by Crippen LogP contribution is 2.35. The van der Waals surface area contributed by atoms with Gasteiger partial charge in [-0.15, -0.1) is 0 Å². The van der Waals surface area contributed by atoms with Crippen LogP contribution < -0.4 is 10.2 Å². The van der Waals surface area contributed by atoms with Crippen LogP contribution >= 0.6 is 0 Å². The number of aromatic nitrogens is 4. The molecule has 1 aliphatic heterocycles. The Morgan fingerprint density at radius 1 is 0.974 bits per heavy atom. The number of H-pyrrole nitrogens is 2. The van der Waals surface area contributed by atoms with Gasteiger partial charge in [0.15, 0.2) is 0 Å². The molecular weight excluding hydrogens is 470 g/mol. The van der Waals surface area contributed by atoms with Crippen LogP contribution in [0.15, 0.2) is 73.2 Å². The number of anilines is 2. The predicted octanol–water partition coefficient (Wildman–Crippen LogP) is 6.64. The summed E-state index contributed by atoms with van der Waals surface area (Å²) in [6.07, 6.45) is 7.01. The van der Waals surface area contributed by atoms with Crippen molar-refractivity contribution in [2.24, 2.45) is 0 Å². The number of aromatic amines is 2. The van der Waals surface area contributed by atoms with Crippen molar-refractivity contribution < 1.29 is 0 Å². The molecule has 0 unspecified atom stereocenters. The van der Waals surface area contributed by atoms with E-state index in [0.29, 0.717) is 0 Å². The standard InChI is InChI=1S/C31H35N7/c1-4-5-7-21(2)33-24-16-23(19-32-20-24)22-10-11-28-26(17-22)31(36-35-28)29-18-25-27(34-29)8-6-9-30(25)38-14-12-37(3)13-15-38/h6,8-11,16-20,33-34H,2,4-5,7,12-15H2,1,3H3,(H,35,36). The van der Waals surface area contributed by atoms with E-state index in [1.54, 1.807) is 0 Å². The van der Waals surface area contributed by atoms with E-state index in [0.717, 1.165) is 95.8 Å². The van der Waals surface area contributed by atoms with Crippen LogP contribution in [-0.4, -0.2) is 58.3 Å². The Morgan fingerprint density at radius 3 is 2.68 bits per heavy atom. The third-order valence-corrected chi connectivity index (χ3v) is 7.53. The van der Waals surface area contributed by atoms with Gasteiger partial charge in [0.1, 0.15) is 5.69 Å². The van der Waals surface area contributed by atoms with Crippen molar-refractivity contribution in [1.29, 1.82) is 0 Å². The first-order chi connectivity index (χ1) is 18.6. The van der Waals surface area contributed by atoms with Gasteiger partial charge in [-0.1, -0.05) is 32.1 Å². The minimum absolute atomic E-state index is 0.928. The Labute approximate surface area is 223 Å². The van der Waals surface area contributed by atoms with E-state index in [2.05, 4.69) is 99.3 Å². The largest absolute Gasteiger partial charge is 0.368 e. The van der Waals surface area contributed by atoms with Gasteiger partial charge in [0.2, 0.25) is 0 Å². The predicted molar refractivity (Wildman–Crippen MR) is 159 cm³/mol. The SMILES string of the molecule is C=C(CCCC)Nc1cncc(-c2ccc3[nH]nc(-c4cc5c(N6CCN(C)CC6)cccc5[nH]4)c3c2)c1. The first-order valence-electron chi connectivity index (χ1n) is 13.5.